The van der Waals surface area contributed by atoms with Gasteiger partial charge in [-0.05, 0) is 24.3 Å². The van der Waals surface area contributed by atoms with Crippen molar-refractivity contribution < 1.29 is 22.7 Å². The number of nitrogens with one attached hydrogen (secondary N) is 2. The minimum Gasteiger partial charge on any atom is -0.493 e. The molecule has 0 aliphatic carbocycles. The van der Waals surface area contributed by atoms with Gasteiger partial charge in [-0.15, -0.1) is 11.3 Å². The van der Waals surface area contributed by atoms with Gasteiger partial charge in [0.2, 0.25) is 0 Å². The Kier molecular flexibility index (Phi) is 5.14. The Labute approximate surface area is 154 Å². The van der Waals surface area contributed by atoms with E-state index in [0.29, 0.717) is 22.3 Å². The Morgan fingerprint density at radius 1 is 1.27 bits per heavy atom. The number of anilines is 1. The van der Waals surface area contributed by atoms with Gasteiger partial charge in [0.05, 0.1) is 31.7 Å². The van der Waals surface area contributed by atoms with Gasteiger partial charge in [-0.2, -0.15) is 0 Å². The number of benzene rings is 1. The average Bonchev–Trinajstić information content (AvgIpc) is 3.20. The van der Waals surface area contributed by atoms with Crippen LogP contribution in [0.15, 0.2) is 35.1 Å². The zero-order chi connectivity index (χ0) is 18.7. The van der Waals surface area contributed by atoms with Gasteiger partial charge >= 0.3 is 6.03 Å². The number of rotatable bonds is 5. The number of ether oxygens (including phenoxy) is 2. The first kappa shape index (κ1) is 18.2. The summed E-state index contributed by atoms with van der Waals surface area (Å²) in [4.78, 5) is 16.4. The van der Waals surface area contributed by atoms with Gasteiger partial charge in [0.25, 0.3) is 0 Å². The van der Waals surface area contributed by atoms with E-state index in [-0.39, 0.29) is 5.75 Å². The predicted molar refractivity (Wildman–Crippen MR) is 99.5 cm³/mol. The molecule has 10 heteroatoms. The zero-order valence-electron chi connectivity index (χ0n) is 14.1. The number of nitrogens with zero attached hydrogens (tertiary/aromatic N) is 1. The fourth-order valence-electron chi connectivity index (χ4n) is 2.43. The van der Waals surface area contributed by atoms with Crippen molar-refractivity contribution in [1.82, 2.24) is 10.3 Å². The van der Waals surface area contributed by atoms with Crippen LogP contribution in [-0.4, -0.2) is 45.4 Å². The summed E-state index contributed by atoms with van der Waals surface area (Å²) in [5.41, 5.74) is 1.49. The number of methoxy groups -OCH3 is 2. The maximum Gasteiger partial charge on any atom is 0.321 e. The summed E-state index contributed by atoms with van der Waals surface area (Å²) in [6.07, 6.45) is 1.45. The fraction of sp³-hybridized carbons (Fsp3) is 0.250. The molecule has 1 aromatic heterocycles. The minimum atomic E-state index is -3.22. The molecular weight excluding hydrogens is 378 g/mol. The van der Waals surface area contributed by atoms with Crippen LogP contribution in [0.3, 0.4) is 0 Å². The van der Waals surface area contributed by atoms with Crippen LogP contribution in [0, 0.1) is 0 Å². The third kappa shape index (κ3) is 4.14. The van der Waals surface area contributed by atoms with E-state index in [1.807, 2.05) is 6.07 Å². The lowest BCUT2D eigenvalue weighted by Crippen LogP contribution is -2.38. The smallest absolute Gasteiger partial charge is 0.321 e. The van der Waals surface area contributed by atoms with Gasteiger partial charge in [-0.1, -0.05) is 0 Å². The molecule has 0 spiro atoms. The van der Waals surface area contributed by atoms with E-state index in [2.05, 4.69) is 15.6 Å². The van der Waals surface area contributed by atoms with Gasteiger partial charge in [0.15, 0.2) is 26.5 Å². The lowest BCUT2D eigenvalue weighted by molar-refractivity contribution is 0.251. The maximum atomic E-state index is 12.0. The van der Waals surface area contributed by atoms with E-state index < -0.39 is 21.9 Å². The minimum absolute atomic E-state index is 0.130. The van der Waals surface area contributed by atoms with Crippen molar-refractivity contribution in [2.45, 2.75) is 6.04 Å². The van der Waals surface area contributed by atoms with E-state index in [1.165, 1.54) is 17.4 Å². The summed E-state index contributed by atoms with van der Waals surface area (Å²) in [7, 11) is -0.102. The van der Waals surface area contributed by atoms with Crippen molar-refractivity contribution in [1.29, 1.82) is 0 Å². The molecule has 0 bridgehead atoms. The van der Waals surface area contributed by atoms with Crippen molar-refractivity contribution in [3.05, 3.63) is 35.1 Å². The Bertz CT molecular complexity index is 953. The predicted octanol–water partition coefficient (Wildman–Crippen LogP) is 2.26. The van der Waals surface area contributed by atoms with Crippen molar-refractivity contribution in [3.8, 4) is 22.8 Å². The highest BCUT2D eigenvalue weighted by Gasteiger charge is 2.23. The van der Waals surface area contributed by atoms with Crippen LogP contribution >= 0.6 is 11.3 Å². The molecule has 2 heterocycles. The summed E-state index contributed by atoms with van der Waals surface area (Å²) in [6.45, 7) is 0. The second-order valence-corrected chi connectivity index (χ2v) is 8.26. The Morgan fingerprint density at radius 3 is 2.69 bits per heavy atom. The molecule has 26 heavy (non-hydrogen) atoms. The summed E-state index contributed by atoms with van der Waals surface area (Å²) in [5.74, 6) is 1.07. The molecule has 1 atom stereocenters. The Morgan fingerprint density at radius 2 is 2.04 bits per heavy atom. The summed E-state index contributed by atoms with van der Waals surface area (Å²) >= 11 is 1.26. The van der Waals surface area contributed by atoms with Gasteiger partial charge in [-0.25, -0.2) is 18.2 Å². The van der Waals surface area contributed by atoms with Crippen LogP contribution in [0.25, 0.3) is 11.3 Å². The number of hydrogen-bond acceptors (Lipinski definition) is 7. The monoisotopic (exact) mass is 395 g/mol. The molecule has 1 aromatic carbocycles. The van der Waals surface area contributed by atoms with Crippen molar-refractivity contribution >= 4 is 32.3 Å². The number of carbonyl (C=O) groups excluding carboxylic acids is 1. The number of aromatic nitrogens is 1. The number of thiazole rings is 1. The normalized spacial score (nSPS) is 17.7. The quantitative estimate of drug-likeness (QED) is 0.804. The van der Waals surface area contributed by atoms with Crippen molar-refractivity contribution in [3.63, 3.8) is 0 Å². The largest absolute Gasteiger partial charge is 0.493 e. The first-order valence-electron chi connectivity index (χ1n) is 7.56. The van der Waals surface area contributed by atoms with E-state index >= 15 is 0 Å². The molecule has 0 saturated heterocycles. The second-order valence-electron chi connectivity index (χ2n) is 5.47. The average molecular weight is 395 g/mol. The number of amides is 2. The highest BCUT2D eigenvalue weighted by molar-refractivity contribution is 7.94. The number of hydrogen-bond donors (Lipinski definition) is 2. The van der Waals surface area contributed by atoms with Crippen LogP contribution in [0.4, 0.5) is 9.93 Å². The van der Waals surface area contributed by atoms with Crippen LogP contribution in [0.1, 0.15) is 0 Å². The Balaban J connectivity index is 1.66. The van der Waals surface area contributed by atoms with Crippen molar-refractivity contribution in [2.24, 2.45) is 0 Å². The second kappa shape index (κ2) is 7.34. The van der Waals surface area contributed by atoms with Crippen LogP contribution < -0.4 is 20.1 Å². The molecule has 138 valence electrons. The molecule has 0 fully saturated rings. The molecule has 8 nitrogen and oxygen atoms in total. The van der Waals surface area contributed by atoms with Gasteiger partial charge in [0, 0.05) is 16.4 Å². The number of urea groups is 1. The lowest BCUT2D eigenvalue weighted by atomic mass is 10.1. The van der Waals surface area contributed by atoms with Crippen molar-refractivity contribution in [2.75, 3.05) is 25.3 Å². The molecule has 2 aromatic rings. The number of carbonyl (C=O) groups is 1. The van der Waals surface area contributed by atoms with Crippen LogP contribution in [-0.2, 0) is 9.84 Å². The third-order valence-corrected chi connectivity index (χ3v) is 5.80. The number of sulfone groups is 1. The van der Waals surface area contributed by atoms with Gasteiger partial charge in [-0.3, -0.25) is 5.32 Å². The topological polar surface area (TPSA) is 107 Å². The van der Waals surface area contributed by atoms with E-state index in [0.717, 1.165) is 11.0 Å². The molecule has 1 aliphatic rings. The molecule has 3 rings (SSSR count). The first-order chi connectivity index (χ1) is 12.4. The van der Waals surface area contributed by atoms with Crippen LogP contribution in [0.2, 0.25) is 0 Å². The van der Waals surface area contributed by atoms with Gasteiger partial charge in [0.1, 0.15) is 0 Å². The summed E-state index contributed by atoms with van der Waals surface area (Å²) in [6, 6.07) is 4.37. The zero-order valence-corrected chi connectivity index (χ0v) is 15.7. The SMILES string of the molecule is COc1ccc(-c2csc(NC(=O)N[C@@H]3C=CS(=O)(=O)C3)n2)cc1OC. The molecule has 1 aliphatic heterocycles. The van der Waals surface area contributed by atoms with Gasteiger partial charge < -0.3 is 14.8 Å². The third-order valence-electron chi connectivity index (χ3n) is 3.65. The summed E-state index contributed by atoms with van der Waals surface area (Å²) < 4.78 is 33.2. The molecule has 0 saturated carbocycles. The molecule has 0 unspecified atom stereocenters. The van der Waals surface area contributed by atoms with E-state index in [9.17, 15) is 13.2 Å². The Hall–Kier alpha value is -2.59. The fourth-order valence-corrected chi connectivity index (χ4v) is 4.38. The maximum absolute atomic E-state index is 12.0. The highest BCUT2D eigenvalue weighted by atomic mass is 32.2. The molecule has 0 radical (unpaired) electrons. The summed E-state index contributed by atoms with van der Waals surface area (Å²) in [5, 5.41) is 8.50. The molecule has 2 amide bonds. The molecular formula is C16H17N3O5S2. The van der Waals surface area contributed by atoms with E-state index in [4.69, 9.17) is 9.47 Å². The highest BCUT2D eigenvalue weighted by Crippen LogP contribution is 2.33. The standard InChI is InChI=1S/C16H17N3O5S2/c1-23-13-4-3-10(7-14(13)24-2)12-8-25-16(18-12)19-15(20)17-11-5-6-26(21,22)9-11/h3-8,11H,9H2,1-2H3,(H2,17,18,19,20)/t11-/m1/s1. The molecule has 2 N–H and O–H groups in total. The first-order valence-corrected chi connectivity index (χ1v) is 10.2. The van der Waals surface area contributed by atoms with E-state index in [1.54, 1.807) is 31.7 Å². The van der Waals surface area contributed by atoms with Crippen LogP contribution in [0.5, 0.6) is 11.5 Å². The lowest BCUT2D eigenvalue weighted by Gasteiger charge is -2.09.